The number of hydrogen-bond acceptors (Lipinski definition) is 5. The Morgan fingerprint density at radius 1 is 1.17 bits per heavy atom. The third kappa shape index (κ3) is 4.39. The number of nitrogens with one attached hydrogen (secondary N) is 1. The van der Waals surface area contributed by atoms with E-state index in [0.717, 1.165) is 17.1 Å². The summed E-state index contributed by atoms with van der Waals surface area (Å²) in [6, 6.07) is 15.2. The highest BCUT2D eigenvalue weighted by Gasteiger charge is 2.19. The zero-order chi connectivity index (χ0) is 16.8. The highest BCUT2D eigenvalue weighted by Crippen LogP contribution is 2.30. The van der Waals surface area contributed by atoms with E-state index in [2.05, 4.69) is 5.32 Å². The first-order valence-corrected chi connectivity index (χ1v) is 7.80. The van der Waals surface area contributed by atoms with Crippen LogP contribution in [0.25, 0.3) is 0 Å². The lowest BCUT2D eigenvalue weighted by atomic mass is 10.2. The minimum atomic E-state index is -0.489. The summed E-state index contributed by atoms with van der Waals surface area (Å²) in [6.45, 7) is 1.81. The van der Waals surface area contributed by atoms with Crippen LogP contribution in [0.5, 0.6) is 17.2 Å². The van der Waals surface area contributed by atoms with Crippen LogP contribution in [-0.4, -0.2) is 31.8 Å². The molecule has 3 rings (SSSR count). The molecule has 0 saturated heterocycles. The molecular formula is C18H20N2O4. The molecule has 2 aromatic carbocycles. The van der Waals surface area contributed by atoms with Crippen LogP contribution in [0.4, 0.5) is 0 Å². The standard InChI is InChI=1S/C18H20N2O4/c19-18(21)12-22-14-7-5-13(6-8-14)9-20-10-15-11-23-16-3-1-2-4-17(16)24-15/h1-8,15,20H,9-12H2,(H2,19,21). The number of fused-ring (bicyclic) bond motifs is 1. The maximum atomic E-state index is 10.7. The number of carbonyl (C=O) groups excluding carboxylic acids is 1. The van der Waals surface area contributed by atoms with E-state index >= 15 is 0 Å². The summed E-state index contributed by atoms with van der Waals surface area (Å²) in [5.41, 5.74) is 6.15. The second-order valence-electron chi connectivity index (χ2n) is 5.53. The van der Waals surface area contributed by atoms with Crippen molar-refractivity contribution in [3.8, 4) is 17.2 Å². The zero-order valence-electron chi connectivity index (χ0n) is 13.2. The van der Waals surface area contributed by atoms with Crippen LogP contribution in [0.15, 0.2) is 48.5 Å². The summed E-state index contributed by atoms with van der Waals surface area (Å²) in [5.74, 6) is 1.71. The van der Waals surface area contributed by atoms with Crippen LogP contribution in [-0.2, 0) is 11.3 Å². The highest BCUT2D eigenvalue weighted by molar-refractivity contribution is 5.75. The number of benzene rings is 2. The third-order valence-corrected chi connectivity index (χ3v) is 3.57. The summed E-state index contributed by atoms with van der Waals surface area (Å²) < 4.78 is 16.8. The molecular weight excluding hydrogens is 308 g/mol. The Balaban J connectivity index is 1.43. The molecule has 0 aliphatic carbocycles. The summed E-state index contributed by atoms with van der Waals surface area (Å²) in [4.78, 5) is 10.7. The monoisotopic (exact) mass is 328 g/mol. The fraction of sp³-hybridized carbons (Fsp3) is 0.278. The minimum absolute atomic E-state index is 0.0157. The van der Waals surface area contributed by atoms with Crippen LogP contribution >= 0.6 is 0 Å². The van der Waals surface area contributed by atoms with E-state index in [0.29, 0.717) is 25.4 Å². The molecule has 1 unspecified atom stereocenters. The first-order valence-electron chi connectivity index (χ1n) is 7.80. The number of ether oxygens (including phenoxy) is 3. The Morgan fingerprint density at radius 3 is 2.67 bits per heavy atom. The van der Waals surface area contributed by atoms with Gasteiger partial charge < -0.3 is 25.3 Å². The number of carbonyl (C=O) groups is 1. The molecule has 1 atom stereocenters. The van der Waals surface area contributed by atoms with E-state index in [1.165, 1.54) is 0 Å². The smallest absolute Gasteiger partial charge is 0.255 e. The molecule has 1 amide bonds. The van der Waals surface area contributed by atoms with Gasteiger partial charge >= 0.3 is 0 Å². The van der Waals surface area contributed by atoms with Crippen LogP contribution in [0.2, 0.25) is 0 Å². The van der Waals surface area contributed by atoms with Gasteiger partial charge in [-0.15, -0.1) is 0 Å². The highest BCUT2D eigenvalue weighted by atomic mass is 16.6. The van der Waals surface area contributed by atoms with Crippen molar-refractivity contribution in [3.05, 3.63) is 54.1 Å². The summed E-state index contributed by atoms with van der Waals surface area (Å²) in [5, 5.41) is 3.35. The van der Waals surface area contributed by atoms with Gasteiger partial charge in [0.15, 0.2) is 18.1 Å². The Morgan fingerprint density at radius 2 is 1.92 bits per heavy atom. The van der Waals surface area contributed by atoms with Gasteiger partial charge in [-0.25, -0.2) is 0 Å². The maximum Gasteiger partial charge on any atom is 0.255 e. The van der Waals surface area contributed by atoms with Crippen molar-refractivity contribution < 1.29 is 19.0 Å². The molecule has 0 bridgehead atoms. The van der Waals surface area contributed by atoms with Crippen LogP contribution in [0.3, 0.4) is 0 Å². The van der Waals surface area contributed by atoms with Gasteiger partial charge in [0, 0.05) is 13.1 Å². The average molecular weight is 328 g/mol. The largest absolute Gasteiger partial charge is 0.486 e. The molecule has 6 nitrogen and oxygen atoms in total. The van der Waals surface area contributed by atoms with Crippen LogP contribution in [0, 0.1) is 0 Å². The van der Waals surface area contributed by atoms with Crippen molar-refractivity contribution in [2.75, 3.05) is 19.8 Å². The molecule has 1 aliphatic rings. The topological polar surface area (TPSA) is 82.8 Å². The number of para-hydroxylation sites is 2. The van der Waals surface area contributed by atoms with Crippen LogP contribution < -0.4 is 25.3 Å². The summed E-state index contributed by atoms with van der Waals surface area (Å²) in [7, 11) is 0. The summed E-state index contributed by atoms with van der Waals surface area (Å²) >= 11 is 0. The Hall–Kier alpha value is -2.73. The van der Waals surface area contributed by atoms with Crippen molar-refractivity contribution in [2.24, 2.45) is 5.73 Å². The molecule has 0 aromatic heterocycles. The van der Waals surface area contributed by atoms with Crippen LogP contribution in [0.1, 0.15) is 5.56 Å². The predicted molar refractivity (Wildman–Crippen MR) is 89.2 cm³/mol. The van der Waals surface area contributed by atoms with Crippen molar-refractivity contribution in [1.82, 2.24) is 5.32 Å². The van der Waals surface area contributed by atoms with Crippen molar-refractivity contribution >= 4 is 5.91 Å². The predicted octanol–water partition coefficient (Wildman–Crippen LogP) is 1.48. The molecule has 24 heavy (non-hydrogen) atoms. The van der Waals surface area contributed by atoms with E-state index < -0.39 is 5.91 Å². The molecule has 126 valence electrons. The molecule has 2 aromatic rings. The van der Waals surface area contributed by atoms with Crippen molar-refractivity contribution in [2.45, 2.75) is 12.6 Å². The van der Waals surface area contributed by atoms with Gasteiger partial charge in [-0.2, -0.15) is 0 Å². The molecule has 0 fully saturated rings. The molecule has 1 heterocycles. The SMILES string of the molecule is NC(=O)COc1ccc(CNCC2COc3ccccc3O2)cc1. The lowest BCUT2D eigenvalue weighted by Gasteiger charge is -2.26. The van der Waals surface area contributed by atoms with Gasteiger partial charge in [0.25, 0.3) is 5.91 Å². The number of primary amides is 1. The molecule has 1 aliphatic heterocycles. The van der Waals surface area contributed by atoms with E-state index in [1.807, 2.05) is 48.5 Å². The number of amides is 1. The lowest BCUT2D eigenvalue weighted by Crippen LogP contribution is -2.38. The lowest BCUT2D eigenvalue weighted by molar-refractivity contribution is -0.119. The Kier molecular flexibility index (Phi) is 5.18. The second kappa shape index (κ2) is 7.70. The zero-order valence-corrected chi connectivity index (χ0v) is 13.2. The van der Waals surface area contributed by atoms with Crippen molar-refractivity contribution in [1.29, 1.82) is 0 Å². The van der Waals surface area contributed by atoms with E-state index in [-0.39, 0.29) is 12.7 Å². The van der Waals surface area contributed by atoms with Gasteiger partial charge in [0.2, 0.25) is 0 Å². The normalized spacial score (nSPS) is 15.8. The average Bonchev–Trinajstić information content (AvgIpc) is 2.61. The molecule has 0 saturated carbocycles. The number of rotatable bonds is 7. The van der Waals surface area contributed by atoms with E-state index in [4.69, 9.17) is 19.9 Å². The van der Waals surface area contributed by atoms with E-state index in [1.54, 1.807) is 0 Å². The van der Waals surface area contributed by atoms with Gasteiger partial charge in [-0.3, -0.25) is 4.79 Å². The maximum absolute atomic E-state index is 10.7. The molecule has 0 spiro atoms. The van der Waals surface area contributed by atoms with Crippen molar-refractivity contribution in [3.63, 3.8) is 0 Å². The number of hydrogen-bond donors (Lipinski definition) is 2. The fourth-order valence-electron chi connectivity index (χ4n) is 2.40. The van der Waals surface area contributed by atoms with Gasteiger partial charge in [-0.05, 0) is 29.8 Å². The molecule has 6 heteroatoms. The Bertz CT molecular complexity index is 688. The second-order valence-corrected chi connectivity index (χ2v) is 5.53. The van der Waals surface area contributed by atoms with Gasteiger partial charge in [0.1, 0.15) is 18.5 Å². The molecule has 3 N–H and O–H groups in total. The summed E-state index contributed by atoms with van der Waals surface area (Å²) in [6.07, 6.45) is -0.0157. The van der Waals surface area contributed by atoms with Gasteiger partial charge in [-0.1, -0.05) is 24.3 Å². The van der Waals surface area contributed by atoms with E-state index in [9.17, 15) is 4.79 Å². The third-order valence-electron chi connectivity index (χ3n) is 3.57. The number of nitrogens with two attached hydrogens (primary N) is 1. The molecule has 0 radical (unpaired) electrons. The first-order chi connectivity index (χ1) is 11.7. The minimum Gasteiger partial charge on any atom is -0.486 e. The van der Waals surface area contributed by atoms with Gasteiger partial charge in [0.05, 0.1) is 0 Å². The quantitative estimate of drug-likeness (QED) is 0.804. The fourth-order valence-corrected chi connectivity index (χ4v) is 2.40. The first kappa shape index (κ1) is 16.1. The Labute approximate surface area is 140 Å².